The van der Waals surface area contributed by atoms with E-state index in [1.807, 2.05) is 24.3 Å². The number of benzene rings is 1. The summed E-state index contributed by atoms with van der Waals surface area (Å²) >= 11 is 0. The van der Waals surface area contributed by atoms with E-state index in [1.165, 1.54) is 6.33 Å². The fraction of sp³-hybridized carbons (Fsp3) is 0.444. The van der Waals surface area contributed by atoms with Crippen LogP contribution in [0.2, 0.25) is 0 Å². The van der Waals surface area contributed by atoms with Gasteiger partial charge in [0.25, 0.3) is 0 Å². The van der Waals surface area contributed by atoms with Crippen molar-refractivity contribution < 1.29 is 14.7 Å². The number of carboxylic acid groups (broad SMARTS) is 1. The lowest BCUT2D eigenvalue weighted by atomic mass is 9.81. The summed E-state index contributed by atoms with van der Waals surface area (Å²) in [6.07, 6.45) is 6.13. The molecule has 7 heteroatoms. The molecule has 1 heterocycles. The van der Waals surface area contributed by atoms with Gasteiger partial charge in [-0.1, -0.05) is 12.1 Å². The van der Waals surface area contributed by atoms with Crippen LogP contribution in [0.25, 0.3) is 5.69 Å². The van der Waals surface area contributed by atoms with Gasteiger partial charge in [0, 0.05) is 6.54 Å². The first-order chi connectivity index (χ1) is 12.0. The van der Waals surface area contributed by atoms with Crippen LogP contribution in [-0.2, 0) is 16.1 Å². The molecular weight excluding hydrogens is 320 g/mol. The predicted octanol–water partition coefficient (Wildman–Crippen LogP) is 1.92. The molecule has 2 bridgehead atoms. The van der Waals surface area contributed by atoms with Gasteiger partial charge in [-0.15, -0.1) is 0 Å². The molecule has 0 radical (unpaired) electrons. The summed E-state index contributed by atoms with van der Waals surface area (Å²) in [5, 5.41) is 16.6. The minimum atomic E-state index is -0.750. The SMILES string of the molecule is O=C(O)C12CCC(C(=O)NCc3cccc(-n4cncn4)c3)(CC1)C2. The van der Waals surface area contributed by atoms with Crippen molar-refractivity contribution in [1.29, 1.82) is 0 Å². The fourth-order valence-corrected chi connectivity index (χ4v) is 4.33. The van der Waals surface area contributed by atoms with Crippen LogP contribution in [-0.4, -0.2) is 31.7 Å². The zero-order valence-corrected chi connectivity index (χ0v) is 13.8. The van der Waals surface area contributed by atoms with Crippen molar-refractivity contribution in [2.24, 2.45) is 10.8 Å². The van der Waals surface area contributed by atoms with Crippen LogP contribution in [0.1, 0.15) is 37.7 Å². The highest BCUT2D eigenvalue weighted by Gasteiger charge is 2.61. The summed E-state index contributed by atoms with van der Waals surface area (Å²) in [4.78, 5) is 28.2. The van der Waals surface area contributed by atoms with Crippen LogP contribution >= 0.6 is 0 Å². The maximum atomic E-state index is 12.7. The van der Waals surface area contributed by atoms with Crippen LogP contribution in [0.5, 0.6) is 0 Å². The molecule has 2 aromatic rings. The molecule has 1 aromatic carbocycles. The monoisotopic (exact) mass is 340 g/mol. The van der Waals surface area contributed by atoms with Crippen LogP contribution in [0.4, 0.5) is 0 Å². The largest absolute Gasteiger partial charge is 0.481 e. The quantitative estimate of drug-likeness (QED) is 0.867. The minimum Gasteiger partial charge on any atom is -0.481 e. The predicted molar refractivity (Wildman–Crippen MR) is 88.8 cm³/mol. The van der Waals surface area contributed by atoms with Crippen LogP contribution < -0.4 is 5.32 Å². The van der Waals surface area contributed by atoms with E-state index in [9.17, 15) is 14.7 Å². The number of fused-ring (bicyclic) bond motifs is 2. The molecule has 2 aliphatic carbocycles. The molecule has 2 saturated carbocycles. The van der Waals surface area contributed by atoms with Gasteiger partial charge in [0.1, 0.15) is 12.7 Å². The first kappa shape index (κ1) is 15.8. The zero-order valence-electron chi connectivity index (χ0n) is 13.8. The molecule has 0 atom stereocenters. The van der Waals surface area contributed by atoms with Crippen molar-refractivity contribution in [1.82, 2.24) is 20.1 Å². The van der Waals surface area contributed by atoms with Gasteiger partial charge in [-0.05, 0) is 49.8 Å². The Kier molecular flexibility index (Phi) is 3.59. The summed E-state index contributed by atoms with van der Waals surface area (Å²) in [6.45, 7) is 0.420. The number of hydrogen-bond acceptors (Lipinski definition) is 4. The Hall–Kier alpha value is -2.70. The van der Waals surface area contributed by atoms with Crippen molar-refractivity contribution in [2.75, 3.05) is 0 Å². The second-order valence-corrected chi connectivity index (χ2v) is 7.24. The Bertz CT molecular complexity index is 807. The standard InChI is InChI=1S/C18H20N4O3/c23-15(17-4-6-18(10-17,7-5-17)16(24)25)20-9-13-2-1-3-14(8-13)22-12-19-11-21-22/h1-3,8,11-12H,4-7,9-10H2,(H,20,23)(H,24,25). The average molecular weight is 340 g/mol. The molecule has 4 rings (SSSR count). The summed E-state index contributed by atoms with van der Waals surface area (Å²) in [5.74, 6) is -0.764. The Morgan fingerprint density at radius 1 is 1.20 bits per heavy atom. The molecular formula is C18H20N4O3. The molecule has 0 aliphatic heterocycles. The number of aliphatic carboxylic acids is 1. The smallest absolute Gasteiger partial charge is 0.309 e. The van der Waals surface area contributed by atoms with Gasteiger partial charge in [-0.3, -0.25) is 9.59 Å². The second-order valence-electron chi connectivity index (χ2n) is 7.24. The fourth-order valence-electron chi connectivity index (χ4n) is 4.33. The molecule has 7 nitrogen and oxygen atoms in total. The van der Waals surface area contributed by atoms with Crippen LogP contribution in [0.15, 0.2) is 36.9 Å². The van der Waals surface area contributed by atoms with E-state index >= 15 is 0 Å². The van der Waals surface area contributed by atoms with Crippen molar-refractivity contribution >= 4 is 11.9 Å². The lowest BCUT2D eigenvalue weighted by Gasteiger charge is -2.25. The van der Waals surface area contributed by atoms with Gasteiger partial charge in [-0.25, -0.2) is 9.67 Å². The van der Waals surface area contributed by atoms with Gasteiger partial charge in [0.05, 0.1) is 16.5 Å². The minimum absolute atomic E-state index is 0.0146. The van der Waals surface area contributed by atoms with E-state index in [0.717, 1.165) is 11.3 Å². The van der Waals surface area contributed by atoms with E-state index in [0.29, 0.717) is 38.6 Å². The van der Waals surface area contributed by atoms with Gasteiger partial charge in [-0.2, -0.15) is 5.10 Å². The molecule has 1 amide bonds. The summed E-state index contributed by atoms with van der Waals surface area (Å²) in [7, 11) is 0. The van der Waals surface area contributed by atoms with E-state index in [-0.39, 0.29) is 5.91 Å². The van der Waals surface area contributed by atoms with E-state index in [1.54, 1.807) is 11.0 Å². The van der Waals surface area contributed by atoms with E-state index in [4.69, 9.17) is 0 Å². The molecule has 0 saturated heterocycles. The molecule has 2 N–H and O–H groups in total. The highest BCUT2D eigenvalue weighted by Crippen LogP contribution is 2.61. The third-order valence-corrected chi connectivity index (χ3v) is 5.82. The lowest BCUT2D eigenvalue weighted by Crippen LogP contribution is -2.37. The van der Waals surface area contributed by atoms with E-state index in [2.05, 4.69) is 15.4 Å². The Labute approximate surface area is 145 Å². The third kappa shape index (κ3) is 2.59. The zero-order chi connectivity index (χ0) is 17.5. The van der Waals surface area contributed by atoms with E-state index < -0.39 is 16.8 Å². The molecule has 25 heavy (non-hydrogen) atoms. The van der Waals surface area contributed by atoms with Gasteiger partial charge in [0.15, 0.2) is 0 Å². The van der Waals surface area contributed by atoms with Crippen LogP contribution in [0, 0.1) is 10.8 Å². The number of aromatic nitrogens is 3. The first-order valence-electron chi connectivity index (χ1n) is 8.49. The number of nitrogens with zero attached hydrogens (tertiary/aromatic N) is 3. The molecule has 2 aliphatic rings. The summed E-state index contributed by atoms with van der Waals surface area (Å²) in [6, 6.07) is 7.74. The lowest BCUT2D eigenvalue weighted by molar-refractivity contribution is -0.148. The average Bonchev–Trinajstić information content (AvgIpc) is 3.35. The molecule has 1 aromatic heterocycles. The summed E-state index contributed by atoms with van der Waals surface area (Å²) < 4.78 is 1.67. The van der Waals surface area contributed by atoms with Gasteiger partial charge >= 0.3 is 5.97 Å². The molecule has 0 unspecified atom stereocenters. The maximum Gasteiger partial charge on any atom is 0.309 e. The molecule has 2 fully saturated rings. The third-order valence-electron chi connectivity index (χ3n) is 5.82. The Morgan fingerprint density at radius 2 is 1.96 bits per heavy atom. The summed E-state index contributed by atoms with van der Waals surface area (Å²) in [5.41, 5.74) is 0.680. The highest BCUT2D eigenvalue weighted by molar-refractivity contribution is 5.87. The van der Waals surface area contributed by atoms with Crippen molar-refractivity contribution in [3.63, 3.8) is 0 Å². The second kappa shape index (κ2) is 5.68. The topological polar surface area (TPSA) is 97.1 Å². The van der Waals surface area contributed by atoms with Crippen molar-refractivity contribution in [2.45, 2.75) is 38.6 Å². The Balaban J connectivity index is 1.43. The number of rotatable bonds is 5. The molecule has 130 valence electrons. The number of nitrogens with one attached hydrogen (secondary N) is 1. The Morgan fingerprint density at radius 3 is 2.60 bits per heavy atom. The molecule has 0 spiro atoms. The number of hydrogen-bond donors (Lipinski definition) is 2. The number of amides is 1. The highest BCUT2D eigenvalue weighted by atomic mass is 16.4. The number of carbonyl (C=O) groups excluding carboxylic acids is 1. The van der Waals surface area contributed by atoms with Crippen LogP contribution in [0.3, 0.4) is 0 Å². The first-order valence-corrected chi connectivity index (χ1v) is 8.49. The number of carbonyl (C=O) groups is 2. The number of carboxylic acids is 1. The van der Waals surface area contributed by atoms with Gasteiger partial charge < -0.3 is 10.4 Å². The van der Waals surface area contributed by atoms with Crippen molar-refractivity contribution in [3.8, 4) is 5.69 Å². The maximum absolute atomic E-state index is 12.7. The van der Waals surface area contributed by atoms with Crippen molar-refractivity contribution in [3.05, 3.63) is 42.5 Å². The normalized spacial score (nSPS) is 27.4. The van der Waals surface area contributed by atoms with Gasteiger partial charge in [0.2, 0.25) is 5.91 Å².